The minimum atomic E-state index is 0.704. The van der Waals surface area contributed by atoms with Crippen molar-refractivity contribution in [3.05, 3.63) is 40.6 Å². The Morgan fingerprint density at radius 1 is 1.25 bits per heavy atom. The highest BCUT2D eigenvalue weighted by Gasteiger charge is 2.31. The van der Waals surface area contributed by atoms with Crippen LogP contribution >= 0.6 is 0 Å². The molecule has 0 radical (unpaired) electrons. The lowest BCUT2D eigenvalue weighted by molar-refractivity contribution is 0.407. The molecule has 0 bridgehead atoms. The van der Waals surface area contributed by atoms with Crippen LogP contribution in [0.4, 0.5) is 5.82 Å². The van der Waals surface area contributed by atoms with Gasteiger partial charge in [-0.05, 0) is 50.3 Å². The molecule has 2 aliphatic rings. The first-order valence-corrected chi connectivity index (χ1v) is 7.68. The maximum atomic E-state index is 4.98. The maximum absolute atomic E-state index is 4.98. The average Bonchev–Trinajstić information content (AvgIpc) is 2.95. The van der Waals surface area contributed by atoms with Crippen molar-refractivity contribution in [2.75, 3.05) is 11.9 Å². The van der Waals surface area contributed by atoms with Gasteiger partial charge in [0.15, 0.2) is 0 Å². The number of hydrogen-bond donors (Lipinski definition) is 1. The molecule has 1 saturated carbocycles. The van der Waals surface area contributed by atoms with Crippen molar-refractivity contribution < 1.29 is 0 Å². The number of fused-ring (bicyclic) bond motifs is 1. The second kappa shape index (κ2) is 4.37. The molecule has 1 aliphatic heterocycles. The predicted molar refractivity (Wildman–Crippen MR) is 81.8 cm³/mol. The Hall–Kier alpha value is -1.77. The molecule has 0 amide bonds. The summed E-state index contributed by atoms with van der Waals surface area (Å²) in [6.45, 7) is 5.41. The molecule has 3 heteroatoms. The van der Waals surface area contributed by atoms with E-state index >= 15 is 0 Å². The van der Waals surface area contributed by atoms with Crippen molar-refractivity contribution in [1.29, 1.82) is 0 Å². The molecule has 0 atom stereocenters. The van der Waals surface area contributed by atoms with E-state index in [1.807, 2.05) is 0 Å². The van der Waals surface area contributed by atoms with Gasteiger partial charge in [0.1, 0.15) is 5.82 Å². The van der Waals surface area contributed by atoms with Gasteiger partial charge in [0.05, 0.1) is 11.4 Å². The first-order valence-electron chi connectivity index (χ1n) is 7.68. The number of rotatable bonds is 2. The van der Waals surface area contributed by atoms with Gasteiger partial charge in [-0.3, -0.25) is 0 Å². The fourth-order valence-electron chi connectivity index (χ4n) is 3.35. The van der Waals surface area contributed by atoms with E-state index in [0.29, 0.717) is 5.92 Å². The summed E-state index contributed by atoms with van der Waals surface area (Å²) in [7, 11) is 0. The van der Waals surface area contributed by atoms with Crippen molar-refractivity contribution in [1.82, 2.24) is 9.78 Å². The zero-order chi connectivity index (χ0) is 13.7. The van der Waals surface area contributed by atoms with Crippen LogP contribution in [0.5, 0.6) is 0 Å². The molecule has 1 aromatic heterocycles. The predicted octanol–water partition coefficient (Wildman–Crippen LogP) is 3.72. The van der Waals surface area contributed by atoms with Crippen LogP contribution in [0, 0.1) is 13.8 Å². The molecule has 0 saturated heterocycles. The lowest BCUT2D eigenvalue weighted by Crippen LogP contribution is -2.13. The molecule has 20 heavy (non-hydrogen) atoms. The van der Waals surface area contributed by atoms with Crippen LogP contribution in [0.3, 0.4) is 0 Å². The molecule has 2 heterocycles. The zero-order valence-electron chi connectivity index (χ0n) is 12.2. The van der Waals surface area contributed by atoms with Crippen molar-refractivity contribution >= 4 is 5.82 Å². The van der Waals surface area contributed by atoms with Gasteiger partial charge in [0.25, 0.3) is 0 Å². The van der Waals surface area contributed by atoms with Crippen LogP contribution in [0.2, 0.25) is 0 Å². The van der Waals surface area contributed by atoms with E-state index in [-0.39, 0.29) is 0 Å². The maximum Gasteiger partial charge on any atom is 0.133 e. The van der Waals surface area contributed by atoms with E-state index in [4.69, 9.17) is 5.10 Å². The summed E-state index contributed by atoms with van der Waals surface area (Å²) < 4.78 is 2.15. The van der Waals surface area contributed by atoms with Gasteiger partial charge in [-0.15, -0.1) is 0 Å². The van der Waals surface area contributed by atoms with Crippen molar-refractivity contribution in [2.45, 2.75) is 45.4 Å². The molecule has 1 N–H and O–H groups in total. The number of nitrogens with one attached hydrogen (secondary N) is 1. The summed E-state index contributed by atoms with van der Waals surface area (Å²) >= 11 is 0. The molecular weight excluding hydrogens is 246 g/mol. The second-order valence-electron chi connectivity index (χ2n) is 6.15. The van der Waals surface area contributed by atoms with Crippen molar-refractivity contribution in [2.24, 2.45) is 0 Å². The highest BCUT2D eigenvalue weighted by Crippen LogP contribution is 2.41. The van der Waals surface area contributed by atoms with Gasteiger partial charge in [-0.1, -0.05) is 18.6 Å². The van der Waals surface area contributed by atoms with E-state index in [1.165, 1.54) is 53.2 Å². The molecule has 1 fully saturated rings. The normalized spacial score (nSPS) is 17.7. The minimum Gasteiger partial charge on any atom is -0.369 e. The van der Waals surface area contributed by atoms with E-state index < -0.39 is 0 Å². The zero-order valence-corrected chi connectivity index (χ0v) is 12.2. The third-order valence-corrected chi connectivity index (χ3v) is 4.98. The van der Waals surface area contributed by atoms with Crippen LogP contribution in [-0.2, 0) is 6.42 Å². The molecule has 104 valence electrons. The standard InChI is InChI=1S/C17H21N3/c1-11-5-3-8-15(12(11)2)20-17-14(9-10-18-17)16(19-20)13-6-4-7-13/h3,5,8,13,18H,4,6-7,9-10H2,1-2H3. The summed E-state index contributed by atoms with van der Waals surface area (Å²) in [5.74, 6) is 1.94. The van der Waals surface area contributed by atoms with Crippen LogP contribution in [-0.4, -0.2) is 16.3 Å². The van der Waals surface area contributed by atoms with Gasteiger partial charge >= 0.3 is 0 Å². The molecule has 3 nitrogen and oxygen atoms in total. The average molecular weight is 267 g/mol. The lowest BCUT2D eigenvalue weighted by atomic mass is 9.81. The summed E-state index contributed by atoms with van der Waals surface area (Å²) in [6, 6.07) is 6.48. The largest absolute Gasteiger partial charge is 0.369 e. The highest BCUT2D eigenvalue weighted by molar-refractivity contribution is 5.59. The van der Waals surface area contributed by atoms with Gasteiger partial charge in [-0.2, -0.15) is 5.10 Å². The van der Waals surface area contributed by atoms with Crippen LogP contribution in [0.1, 0.15) is 47.6 Å². The molecule has 0 spiro atoms. The summed E-state index contributed by atoms with van der Waals surface area (Å²) in [5, 5.41) is 8.52. The van der Waals surface area contributed by atoms with Crippen LogP contribution in [0.25, 0.3) is 5.69 Å². The number of benzene rings is 1. The van der Waals surface area contributed by atoms with E-state index in [1.54, 1.807) is 0 Å². The lowest BCUT2D eigenvalue weighted by Gasteiger charge is -2.24. The molecule has 0 unspecified atom stereocenters. The summed E-state index contributed by atoms with van der Waals surface area (Å²) in [5.41, 5.74) is 6.70. The molecular formula is C17H21N3. The second-order valence-corrected chi connectivity index (χ2v) is 6.15. The van der Waals surface area contributed by atoms with Crippen molar-refractivity contribution in [3.8, 4) is 5.69 Å². The van der Waals surface area contributed by atoms with Crippen LogP contribution in [0.15, 0.2) is 18.2 Å². The van der Waals surface area contributed by atoms with Gasteiger partial charge in [-0.25, -0.2) is 4.68 Å². The number of hydrogen-bond acceptors (Lipinski definition) is 2. The quantitative estimate of drug-likeness (QED) is 0.898. The smallest absolute Gasteiger partial charge is 0.133 e. The number of aryl methyl sites for hydroxylation is 1. The summed E-state index contributed by atoms with van der Waals surface area (Å²) in [6.07, 6.45) is 5.13. The Balaban J connectivity index is 1.88. The Morgan fingerprint density at radius 3 is 2.85 bits per heavy atom. The van der Waals surface area contributed by atoms with Gasteiger partial charge in [0, 0.05) is 18.0 Å². The van der Waals surface area contributed by atoms with Crippen molar-refractivity contribution in [3.63, 3.8) is 0 Å². The van der Waals surface area contributed by atoms with E-state index in [0.717, 1.165) is 13.0 Å². The fourth-order valence-corrected chi connectivity index (χ4v) is 3.35. The first-order chi connectivity index (χ1) is 9.75. The fraction of sp³-hybridized carbons (Fsp3) is 0.471. The Bertz CT molecular complexity index is 665. The van der Waals surface area contributed by atoms with Crippen LogP contribution < -0.4 is 5.32 Å². The SMILES string of the molecule is Cc1cccc(-n2nc(C3CCC3)c3c2NCC3)c1C. The highest BCUT2D eigenvalue weighted by atomic mass is 15.3. The number of aromatic nitrogens is 2. The number of nitrogens with zero attached hydrogens (tertiary/aromatic N) is 2. The monoisotopic (exact) mass is 267 g/mol. The molecule has 4 rings (SSSR count). The topological polar surface area (TPSA) is 29.9 Å². The molecule has 1 aliphatic carbocycles. The molecule has 1 aromatic carbocycles. The number of anilines is 1. The van der Waals surface area contributed by atoms with E-state index in [9.17, 15) is 0 Å². The Labute approximate surface area is 120 Å². The third-order valence-electron chi connectivity index (χ3n) is 4.98. The van der Waals surface area contributed by atoms with Gasteiger partial charge in [0.2, 0.25) is 0 Å². The first kappa shape index (κ1) is 12.0. The molecule has 2 aromatic rings. The Kier molecular flexibility index (Phi) is 2.62. The minimum absolute atomic E-state index is 0.704. The van der Waals surface area contributed by atoms with Gasteiger partial charge < -0.3 is 5.32 Å². The summed E-state index contributed by atoms with van der Waals surface area (Å²) in [4.78, 5) is 0. The van der Waals surface area contributed by atoms with E-state index in [2.05, 4.69) is 42.0 Å². The Morgan fingerprint density at radius 2 is 2.10 bits per heavy atom. The third kappa shape index (κ3) is 1.62.